The van der Waals surface area contributed by atoms with Crippen LogP contribution in [0.1, 0.15) is 36.4 Å². The Hall–Kier alpha value is -0.480. The maximum atomic E-state index is 5.65. The van der Waals surface area contributed by atoms with E-state index in [2.05, 4.69) is 28.4 Å². The van der Waals surface area contributed by atoms with Crippen molar-refractivity contribution >= 4 is 24.8 Å². The zero-order valence-electron chi connectivity index (χ0n) is 12.9. The number of piperazine rings is 1. The van der Waals surface area contributed by atoms with E-state index in [1.165, 1.54) is 43.5 Å². The zero-order chi connectivity index (χ0) is 13.4. The summed E-state index contributed by atoms with van der Waals surface area (Å²) >= 11 is 0. The molecule has 3 aliphatic rings. The van der Waals surface area contributed by atoms with E-state index < -0.39 is 0 Å². The first kappa shape index (κ1) is 17.9. The monoisotopic (exact) mass is 344 g/mol. The van der Waals surface area contributed by atoms with E-state index >= 15 is 0 Å². The molecule has 22 heavy (non-hydrogen) atoms. The minimum absolute atomic E-state index is 0. The highest BCUT2D eigenvalue weighted by Crippen LogP contribution is 2.41. The summed E-state index contributed by atoms with van der Waals surface area (Å²) in [4.78, 5) is 2.69. The Balaban J connectivity index is 0.000000882. The van der Waals surface area contributed by atoms with Crippen LogP contribution in [-0.2, 0) is 6.42 Å². The molecule has 1 saturated carbocycles. The van der Waals surface area contributed by atoms with E-state index in [4.69, 9.17) is 4.74 Å². The summed E-state index contributed by atoms with van der Waals surface area (Å²) < 4.78 is 5.65. The standard InChI is InChI=1S/C17H24N2O.2ClH/c1-2-13(1)11-16(19-8-6-18-7-9-19)14-3-4-17-15(12-14)5-10-20-17;;/h3-4,12-13,16,18H,1-2,5-11H2;2*1H/t16-;;/m0../s1. The average molecular weight is 345 g/mol. The number of nitrogens with zero attached hydrogens (tertiary/aromatic N) is 1. The van der Waals surface area contributed by atoms with Gasteiger partial charge in [0.1, 0.15) is 5.75 Å². The van der Waals surface area contributed by atoms with Crippen LogP contribution in [0.4, 0.5) is 0 Å². The van der Waals surface area contributed by atoms with Gasteiger partial charge < -0.3 is 10.1 Å². The molecule has 2 aliphatic heterocycles. The van der Waals surface area contributed by atoms with E-state index in [0.29, 0.717) is 6.04 Å². The van der Waals surface area contributed by atoms with Crippen LogP contribution in [0.3, 0.4) is 0 Å². The molecule has 124 valence electrons. The number of rotatable bonds is 4. The van der Waals surface area contributed by atoms with Crippen molar-refractivity contribution in [1.82, 2.24) is 10.2 Å². The van der Waals surface area contributed by atoms with Crippen molar-refractivity contribution in [1.29, 1.82) is 0 Å². The van der Waals surface area contributed by atoms with E-state index in [1.807, 2.05) is 0 Å². The number of halogens is 2. The van der Waals surface area contributed by atoms with Crippen LogP contribution in [0, 0.1) is 5.92 Å². The van der Waals surface area contributed by atoms with Gasteiger partial charge in [-0.25, -0.2) is 0 Å². The summed E-state index contributed by atoms with van der Waals surface area (Å²) in [6.45, 7) is 5.50. The van der Waals surface area contributed by atoms with E-state index in [1.54, 1.807) is 0 Å². The fourth-order valence-electron chi connectivity index (χ4n) is 3.57. The molecule has 2 heterocycles. The quantitative estimate of drug-likeness (QED) is 0.907. The van der Waals surface area contributed by atoms with Gasteiger partial charge in [0.15, 0.2) is 0 Å². The van der Waals surface area contributed by atoms with Crippen LogP contribution in [0.2, 0.25) is 0 Å². The number of fused-ring (bicyclic) bond motifs is 1. The van der Waals surface area contributed by atoms with Crippen molar-refractivity contribution in [2.24, 2.45) is 5.92 Å². The predicted octanol–water partition coefficient (Wildman–Crippen LogP) is 3.21. The molecule has 1 aromatic rings. The Morgan fingerprint density at radius 1 is 1.18 bits per heavy atom. The third-order valence-electron chi connectivity index (χ3n) is 4.94. The van der Waals surface area contributed by atoms with Gasteiger partial charge in [0.25, 0.3) is 0 Å². The van der Waals surface area contributed by atoms with Crippen LogP contribution in [-0.4, -0.2) is 37.7 Å². The lowest BCUT2D eigenvalue weighted by molar-refractivity contribution is 0.160. The molecule has 1 saturated heterocycles. The van der Waals surface area contributed by atoms with Crippen molar-refractivity contribution < 1.29 is 4.74 Å². The van der Waals surface area contributed by atoms with E-state index in [0.717, 1.165) is 37.8 Å². The van der Waals surface area contributed by atoms with Gasteiger partial charge in [-0.15, -0.1) is 24.8 Å². The first-order valence-electron chi connectivity index (χ1n) is 8.10. The van der Waals surface area contributed by atoms with E-state index in [-0.39, 0.29) is 24.8 Å². The van der Waals surface area contributed by atoms with Gasteiger partial charge in [-0.2, -0.15) is 0 Å². The third kappa shape index (κ3) is 3.88. The van der Waals surface area contributed by atoms with Crippen LogP contribution in [0.25, 0.3) is 0 Å². The SMILES string of the molecule is Cl.Cl.c1cc2c(cc1[C@H](CC1CC1)N1CCNCC1)CCO2. The normalized spacial score (nSPS) is 22.0. The lowest BCUT2D eigenvalue weighted by Crippen LogP contribution is -2.45. The average Bonchev–Trinajstić information content (AvgIpc) is 3.20. The molecule has 0 radical (unpaired) electrons. The first-order valence-corrected chi connectivity index (χ1v) is 8.10. The molecule has 5 heteroatoms. The molecule has 1 atom stereocenters. The number of benzene rings is 1. The second-order valence-corrected chi connectivity index (χ2v) is 6.45. The minimum Gasteiger partial charge on any atom is -0.493 e. The number of hydrogen-bond donors (Lipinski definition) is 1. The van der Waals surface area contributed by atoms with Crippen molar-refractivity contribution in [2.75, 3.05) is 32.8 Å². The maximum Gasteiger partial charge on any atom is 0.122 e. The van der Waals surface area contributed by atoms with Crippen LogP contribution in [0.15, 0.2) is 18.2 Å². The highest BCUT2D eigenvalue weighted by Gasteiger charge is 2.31. The van der Waals surface area contributed by atoms with Gasteiger partial charge in [-0.05, 0) is 29.5 Å². The lowest BCUT2D eigenvalue weighted by atomic mass is 9.96. The van der Waals surface area contributed by atoms with Gasteiger partial charge in [-0.3, -0.25) is 4.90 Å². The largest absolute Gasteiger partial charge is 0.493 e. The van der Waals surface area contributed by atoms with Gasteiger partial charge in [-0.1, -0.05) is 25.0 Å². The Bertz CT molecular complexity index is 488. The maximum absolute atomic E-state index is 5.65. The van der Waals surface area contributed by atoms with Crippen LogP contribution >= 0.6 is 24.8 Å². The van der Waals surface area contributed by atoms with Crippen molar-refractivity contribution in [2.45, 2.75) is 31.7 Å². The van der Waals surface area contributed by atoms with Crippen LogP contribution < -0.4 is 10.1 Å². The van der Waals surface area contributed by atoms with Gasteiger partial charge in [0.05, 0.1) is 6.61 Å². The Morgan fingerprint density at radius 2 is 1.95 bits per heavy atom. The highest BCUT2D eigenvalue weighted by atomic mass is 35.5. The molecule has 0 spiro atoms. The molecule has 4 rings (SSSR count). The zero-order valence-corrected chi connectivity index (χ0v) is 14.6. The Morgan fingerprint density at radius 3 is 2.68 bits per heavy atom. The number of ether oxygens (including phenoxy) is 1. The Kier molecular flexibility index (Phi) is 6.39. The summed E-state index contributed by atoms with van der Waals surface area (Å²) in [7, 11) is 0. The van der Waals surface area contributed by atoms with E-state index in [9.17, 15) is 0 Å². The fourth-order valence-corrected chi connectivity index (χ4v) is 3.57. The Labute approximate surface area is 145 Å². The molecular weight excluding hydrogens is 319 g/mol. The number of hydrogen-bond acceptors (Lipinski definition) is 3. The van der Waals surface area contributed by atoms with Crippen LogP contribution in [0.5, 0.6) is 5.75 Å². The summed E-state index contributed by atoms with van der Waals surface area (Å²) in [6.07, 6.45) is 5.31. The summed E-state index contributed by atoms with van der Waals surface area (Å²) in [5.41, 5.74) is 2.93. The van der Waals surface area contributed by atoms with Crippen molar-refractivity contribution in [3.05, 3.63) is 29.3 Å². The fraction of sp³-hybridized carbons (Fsp3) is 0.647. The third-order valence-corrected chi connectivity index (χ3v) is 4.94. The van der Waals surface area contributed by atoms with Crippen molar-refractivity contribution in [3.8, 4) is 5.75 Å². The molecule has 1 aromatic carbocycles. The number of nitrogens with one attached hydrogen (secondary N) is 1. The second kappa shape index (κ2) is 7.87. The molecule has 0 aromatic heterocycles. The molecule has 0 amide bonds. The molecule has 3 nitrogen and oxygen atoms in total. The minimum atomic E-state index is 0. The van der Waals surface area contributed by atoms with Gasteiger partial charge in [0, 0.05) is 38.6 Å². The summed E-state index contributed by atoms with van der Waals surface area (Å²) in [6, 6.07) is 7.53. The van der Waals surface area contributed by atoms with Gasteiger partial charge >= 0.3 is 0 Å². The first-order chi connectivity index (χ1) is 9.90. The van der Waals surface area contributed by atoms with Gasteiger partial charge in [0.2, 0.25) is 0 Å². The molecule has 2 fully saturated rings. The summed E-state index contributed by atoms with van der Waals surface area (Å²) in [5.74, 6) is 2.08. The molecule has 0 bridgehead atoms. The molecular formula is C17H26Cl2N2O. The lowest BCUT2D eigenvalue weighted by Gasteiger charge is -2.35. The predicted molar refractivity (Wildman–Crippen MR) is 94.7 cm³/mol. The highest BCUT2D eigenvalue weighted by molar-refractivity contribution is 5.85. The molecule has 1 aliphatic carbocycles. The van der Waals surface area contributed by atoms with Crippen molar-refractivity contribution in [3.63, 3.8) is 0 Å². The summed E-state index contributed by atoms with van der Waals surface area (Å²) in [5, 5.41) is 3.47. The second-order valence-electron chi connectivity index (χ2n) is 6.45. The smallest absolute Gasteiger partial charge is 0.122 e. The molecule has 0 unspecified atom stereocenters. The molecule has 1 N–H and O–H groups in total. The topological polar surface area (TPSA) is 24.5 Å².